The van der Waals surface area contributed by atoms with E-state index in [9.17, 15) is 0 Å². The van der Waals surface area contributed by atoms with Gasteiger partial charge in [-0.3, -0.25) is 4.90 Å². The number of aliphatic hydroxyl groups excluding tert-OH is 1. The largest absolute Gasteiger partial charge is 0.377 e. The summed E-state index contributed by atoms with van der Waals surface area (Å²) in [4.78, 5) is 2.07. The van der Waals surface area contributed by atoms with E-state index >= 15 is 0 Å². The zero-order chi connectivity index (χ0) is 7.28. The second kappa shape index (κ2) is 4.73. The lowest BCUT2D eigenvalue weighted by Gasteiger charge is -2.18. The lowest BCUT2D eigenvalue weighted by molar-refractivity contribution is 0.123. The van der Waals surface area contributed by atoms with Crippen molar-refractivity contribution in [2.45, 2.75) is 20.1 Å². The minimum atomic E-state index is -0.690. The number of hydrogen-bond donors (Lipinski definition) is 2. The molecule has 56 valence electrons. The fraction of sp³-hybridized carbons (Fsp3) is 1.00. The van der Waals surface area contributed by atoms with Crippen molar-refractivity contribution in [2.75, 3.05) is 19.6 Å². The average molecular weight is 132 g/mol. The van der Waals surface area contributed by atoms with E-state index in [0.29, 0.717) is 6.54 Å². The van der Waals surface area contributed by atoms with Crippen molar-refractivity contribution < 1.29 is 5.11 Å². The fourth-order valence-electron chi connectivity index (χ4n) is 0.746. The maximum atomic E-state index is 8.72. The van der Waals surface area contributed by atoms with Gasteiger partial charge in [-0.15, -0.1) is 0 Å². The van der Waals surface area contributed by atoms with E-state index in [1.807, 2.05) is 13.8 Å². The van der Waals surface area contributed by atoms with Gasteiger partial charge in [-0.05, 0) is 13.1 Å². The number of aliphatic hydroxyl groups is 1. The van der Waals surface area contributed by atoms with Crippen LogP contribution in [0.5, 0.6) is 0 Å². The molecule has 0 bridgehead atoms. The Labute approximate surface area is 56.5 Å². The number of nitrogens with zero attached hydrogens (tertiary/aromatic N) is 1. The van der Waals surface area contributed by atoms with Crippen LogP contribution in [0, 0.1) is 0 Å². The summed E-state index contributed by atoms with van der Waals surface area (Å²) < 4.78 is 0. The Morgan fingerprint density at radius 2 is 1.89 bits per heavy atom. The van der Waals surface area contributed by atoms with Gasteiger partial charge in [0.25, 0.3) is 0 Å². The summed E-state index contributed by atoms with van der Waals surface area (Å²) in [7, 11) is 0. The van der Waals surface area contributed by atoms with Gasteiger partial charge in [0.05, 0.1) is 0 Å². The minimum Gasteiger partial charge on any atom is -0.377 e. The maximum Gasteiger partial charge on any atom is 0.115 e. The highest BCUT2D eigenvalue weighted by Crippen LogP contribution is 1.85. The lowest BCUT2D eigenvalue weighted by Crippen LogP contribution is -2.36. The van der Waals surface area contributed by atoms with Gasteiger partial charge < -0.3 is 10.8 Å². The van der Waals surface area contributed by atoms with E-state index in [2.05, 4.69) is 4.90 Å². The van der Waals surface area contributed by atoms with E-state index in [1.165, 1.54) is 0 Å². The van der Waals surface area contributed by atoms with Gasteiger partial charge in [-0.2, -0.15) is 0 Å². The van der Waals surface area contributed by atoms with Crippen LogP contribution in [0.25, 0.3) is 0 Å². The average Bonchev–Trinajstić information content (AvgIpc) is 1.82. The van der Waals surface area contributed by atoms with Gasteiger partial charge in [-0.1, -0.05) is 13.8 Å². The van der Waals surface area contributed by atoms with Gasteiger partial charge in [-0.25, -0.2) is 0 Å². The van der Waals surface area contributed by atoms with Gasteiger partial charge in [0, 0.05) is 6.54 Å². The van der Waals surface area contributed by atoms with Crippen LogP contribution >= 0.6 is 0 Å². The van der Waals surface area contributed by atoms with Crippen molar-refractivity contribution in [1.82, 2.24) is 4.90 Å². The minimum absolute atomic E-state index is 0.576. The van der Waals surface area contributed by atoms with Crippen LogP contribution in [-0.2, 0) is 0 Å². The smallest absolute Gasteiger partial charge is 0.115 e. The summed E-state index contributed by atoms with van der Waals surface area (Å²) in [6.45, 7) is 6.57. The molecule has 0 aliphatic carbocycles. The number of hydrogen-bond acceptors (Lipinski definition) is 3. The molecule has 0 aromatic heterocycles. The topological polar surface area (TPSA) is 49.5 Å². The molecule has 9 heavy (non-hydrogen) atoms. The second-order valence-corrected chi connectivity index (χ2v) is 2.05. The van der Waals surface area contributed by atoms with Crippen molar-refractivity contribution in [3.63, 3.8) is 0 Å². The number of rotatable bonds is 4. The Bertz CT molecular complexity index is 62.1. The summed E-state index contributed by atoms with van der Waals surface area (Å²) >= 11 is 0. The third-order valence-corrected chi connectivity index (χ3v) is 1.34. The van der Waals surface area contributed by atoms with Crippen molar-refractivity contribution in [2.24, 2.45) is 5.73 Å². The molecule has 0 amide bonds. The summed E-state index contributed by atoms with van der Waals surface area (Å²) in [5.74, 6) is 0. The van der Waals surface area contributed by atoms with E-state index in [1.54, 1.807) is 0 Å². The molecule has 3 heteroatoms. The Morgan fingerprint density at radius 3 is 2.00 bits per heavy atom. The van der Waals surface area contributed by atoms with Crippen LogP contribution in [0.3, 0.4) is 0 Å². The molecule has 0 aromatic carbocycles. The third-order valence-electron chi connectivity index (χ3n) is 1.34. The normalized spacial score (nSPS) is 14.3. The van der Waals surface area contributed by atoms with Crippen LogP contribution in [-0.4, -0.2) is 35.9 Å². The van der Waals surface area contributed by atoms with Crippen molar-refractivity contribution in [3.05, 3.63) is 0 Å². The summed E-state index contributed by atoms with van der Waals surface area (Å²) in [6.07, 6.45) is -0.690. The zero-order valence-corrected chi connectivity index (χ0v) is 6.17. The van der Waals surface area contributed by atoms with Crippen LogP contribution in [0.1, 0.15) is 13.8 Å². The highest BCUT2D eigenvalue weighted by Gasteiger charge is 2.01. The molecule has 3 nitrogen and oxygen atoms in total. The number of nitrogens with two attached hydrogens (primary N) is 1. The molecule has 0 saturated heterocycles. The zero-order valence-electron chi connectivity index (χ0n) is 6.17. The second-order valence-electron chi connectivity index (χ2n) is 2.05. The molecule has 1 atom stereocenters. The highest BCUT2D eigenvalue weighted by atomic mass is 16.3. The van der Waals surface area contributed by atoms with Crippen LogP contribution in [0.2, 0.25) is 0 Å². The first-order valence-electron chi connectivity index (χ1n) is 3.36. The molecule has 1 unspecified atom stereocenters. The molecule has 0 heterocycles. The van der Waals surface area contributed by atoms with Gasteiger partial charge in [0.15, 0.2) is 0 Å². The van der Waals surface area contributed by atoms with Crippen molar-refractivity contribution >= 4 is 0 Å². The molecule has 3 N–H and O–H groups in total. The van der Waals surface area contributed by atoms with E-state index in [4.69, 9.17) is 10.8 Å². The summed E-state index contributed by atoms with van der Waals surface area (Å²) in [6, 6.07) is 0. The van der Waals surface area contributed by atoms with Gasteiger partial charge >= 0.3 is 0 Å². The van der Waals surface area contributed by atoms with E-state index < -0.39 is 6.23 Å². The monoisotopic (exact) mass is 132 g/mol. The Kier molecular flexibility index (Phi) is 4.67. The van der Waals surface area contributed by atoms with Crippen molar-refractivity contribution in [3.8, 4) is 0 Å². The van der Waals surface area contributed by atoms with Crippen LogP contribution in [0.4, 0.5) is 0 Å². The molecule has 0 radical (unpaired) electrons. The molecule has 0 fully saturated rings. The first kappa shape index (κ1) is 8.88. The third kappa shape index (κ3) is 4.39. The summed E-state index contributed by atoms with van der Waals surface area (Å²) in [5, 5.41) is 8.72. The molecule has 0 rings (SSSR count). The maximum absolute atomic E-state index is 8.72. The van der Waals surface area contributed by atoms with E-state index in [0.717, 1.165) is 13.1 Å². The van der Waals surface area contributed by atoms with Crippen LogP contribution in [0.15, 0.2) is 0 Å². The van der Waals surface area contributed by atoms with Gasteiger partial charge in [0.1, 0.15) is 6.23 Å². The molecule has 0 spiro atoms. The van der Waals surface area contributed by atoms with Crippen LogP contribution < -0.4 is 5.73 Å². The quantitative estimate of drug-likeness (QED) is 0.512. The Balaban J connectivity index is 3.31. The SMILES string of the molecule is CCN(CC)CC(N)O. The first-order chi connectivity index (χ1) is 4.20. The Morgan fingerprint density at radius 1 is 1.44 bits per heavy atom. The molecule has 0 aliphatic heterocycles. The lowest BCUT2D eigenvalue weighted by atomic mass is 10.4. The fourth-order valence-corrected chi connectivity index (χ4v) is 0.746. The number of likely N-dealkylation sites (N-methyl/N-ethyl adjacent to an activating group) is 1. The first-order valence-corrected chi connectivity index (χ1v) is 3.36. The van der Waals surface area contributed by atoms with E-state index in [-0.39, 0.29) is 0 Å². The summed E-state index contributed by atoms with van der Waals surface area (Å²) in [5.41, 5.74) is 5.16. The standard InChI is InChI=1S/C6H16N2O/c1-3-8(4-2)5-6(7)9/h6,9H,3-5,7H2,1-2H3. The Hall–Kier alpha value is -0.120. The molecule has 0 aliphatic rings. The predicted molar refractivity (Wildman–Crippen MR) is 38.0 cm³/mol. The molecule has 0 aromatic rings. The van der Waals surface area contributed by atoms with Gasteiger partial charge in [0.2, 0.25) is 0 Å². The van der Waals surface area contributed by atoms with Crippen molar-refractivity contribution in [1.29, 1.82) is 0 Å². The predicted octanol–water partition coefficient (Wildman–Crippen LogP) is -0.395. The molecule has 0 saturated carbocycles. The highest BCUT2D eigenvalue weighted by molar-refractivity contribution is 4.54. The molecular formula is C6H16N2O. The molecular weight excluding hydrogens is 116 g/mol.